The normalized spacial score (nSPS) is 13.9. The molecule has 36 heavy (non-hydrogen) atoms. The quantitative estimate of drug-likeness (QED) is 0.279. The molecule has 0 radical (unpaired) electrons. The Labute approximate surface area is 217 Å². The SMILES string of the molecule is CCc1cccc(-c2ccccc2)c1N(c1ccc2c(c1CC)-c1ccccc1C2(C)C)C(C)(C)C. The van der Waals surface area contributed by atoms with Crippen molar-refractivity contribution in [3.63, 3.8) is 0 Å². The van der Waals surface area contributed by atoms with E-state index in [1.807, 2.05) is 0 Å². The standard InChI is InChI=1S/C35H39N/c1-8-24-18-15-20-27(25-16-11-10-12-17-25)33(24)36(34(3,4)5)31-23-22-30-32(26(31)9-2)28-19-13-14-21-29(28)35(30,6)7/h10-23H,8-9H2,1-7H3. The minimum absolute atomic E-state index is 0.0114. The molecule has 1 aliphatic carbocycles. The Bertz CT molecular complexity index is 1400. The van der Waals surface area contributed by atoms with Crippen LogP contribution in [0, 0.1) is 0 Å². The van der Waals surface area contributed by atoms with Crippen LogP contribution in [0.1, 0.15) is 70.7 Å². The van der Waals surface area contributed by atoms with Crippen LogP contribution in [-0.4, -0.2) is 5.54 Å². The van der Waals surface area contributed by atoms with Gasteiger partial charge in [0.05, 0.1) is 5.69 Å². The number of aryl methyl sites for hydroxylation is 1. The van der Waals surface area contributed by atoms with E-state index in [9.17, 15) is 0 Å². The first-order valence-electron chi connectivity index (χ1n) is 13.4. The van der Waals surface area contributed by atoms with Gasteiger partial charge in [-0.15, -0.1) is 0 Å². The number of hydrogen-bond donors (Lipinski definition) is 0. The maximum atomic E-state index is 2.63. The van der Waals surface area contributed by atoms with E-state index in [1.54, 1.807) is 0 Å². The fourth-order valence-electron chi connectivity index (χ4n) is 6.23. The number of rotatable bonds is 5. The topological polar surface area (TPSA) is 3.24 Å². The van der Waals surface area contributed by atoms with Crippen molar-refractivity contribution < 1.29 is 0 Å². The second kappa shape index (κ2) is 8.96. The third kappa shape index (κ3) is 3.77. The summed E-state index contributed by atoms with van der Waals surface area (Å²) in [6.45, 7) is 16.4. The van der Waals surface area contributed by atoms with Gasteiger partial charge in [-0.3, -0.25) is 0 Å². The summed E-state index contributed by atoms with van der Waals surface area (Å²) in [4.78, 5) is 2.63. The lowest BCUT2D eigenvalue weighted by molar-refractivity contribution is 0.557. The molecule has 0 saturated heterocycles. The zero-order valence-electron chi connectivity index (χ0n) is 22.9. The number of hydrogen-bond acceptors (Lipinski definition) is 1. The van der Waals surface area contributed by atoms with Gasteiger partial charge in [0.2, 0.25) is 0 Å². The fraction of sp³-hybridized carbons (Fsp3) is 0.314. The van der Waals surface area contributed by atoms with E-state index in [4.69, 9.17) is 0 Å². The summed E-state index contributed by atoms with van der Waals surface area (Å²) in [6, 6.07) is 31.5. The van der Waals surface area contributed by atoms with Crippen LogP contribution in [0.25, 0.3) is 22.3 Å². The van der Waals surface area contributed by atoms with Crippen molar-refractivity contribution in [3.8, 4) is 22.3 Å². The van der Waals surface area contributed by atoms with Gasteiger partial charge in [0.15, 0.2) is 0 Å². The maximum absolute atomic E-state index is 2.63. The lowest BCUT2D eigenvalue weighted by Gasteiger charge is -2.42. The van der Waals surface area contributed by atoms with E-state index in [-0.39, 0.29) is 11.0 Å². The average Bonchev–Trinajstić information content (AvgIpc) is 3.11. The minimum atomic E-state index is -0.111. The average molecular weight is 474 g/mol. The summed E-state index contributed by atoms with van der Waals surface area (Å²) >= 11 is 0. The van der Waals surface area contributed by atoms with Gasteiger partial charge in [0, 0.05) is 22.2 Å². The molecule has 0 aromatic heterocycles. The molecule has 0 heterocycles. The van der Waals surface area contributed by atoms with Crippen LogP contribution < -0.4 is 4.90 Å². The number of anilines is 2. The summed E-state index contributed by atoms with van der Waals surface area (Å²) in [5, 5.41) is 0. The molecule has 0 bridgehead atoms. The van der Waals surface area contributed by atoms with Crippen LogP contribution in [0.5, 0.6) is 0 Å². The van der Waals surface area contributed by atoms with Crippen molar-refractivity contribution in [1.29, 1.82) is 0 Å². The summed E-state index contributed by atoms with van der Waals surface area (Å²) < 4.78 is 0. The largest absolute Gasteiger partial charge is 0.335 e. The van der Waals surface area contributed by atoms with Gasteiger partial charge in [-0.05, 0) is 78.6 Å². The number of para-hydroxylation sites is 1. The maximum Gasteiger partial charge on any atom is 0.0527 e. The molecule has 0 spiro atoms. The monoisotopic (exact) mass is 473 g/mol. The van der Waals surface area contributed by atoms with Crippen molar-refractivity contribution in [2.45, 2.75) is 72.3 Å². The Morgan fingerprint density at radius 3 is 2.00 bits per heavy atom. The molecule has 1 aliphatic rings. The molecule has 5 rings (SSSR count). The lowest BCUT2D eigenvalue weighted by atomic mass is 9.81. The minimum Gasteiger partial charge on any atom is -0.335 e. The zero-order valence-corrected chi connectivity index (χ0v) is 22.9. The highest BCUT2D eigenvalue weighted by molar-refractivity contribution is 5.91. The van der Waals surface area contributed by atoms with Crippen molar-refractivity contribution in [2.75, 3.05) is 4.90 Å². The van der Waals surface area contributed by atoms with E-state index in [1.165, 1.54) is 55.9 Å². The van der Waals surface area contributed by atoms with E-state index in [0.717, 1.165) is 12.8 Å². The molecule has 0 amide bonds. The first-order valence-corrected chi connectivity index (χ1v) is 13.4. The Morgan fingerprint density at radius 1 is 0.667 bits per heavy atom. The summed E-state index contributed by atoms with van der Waals surface area (Å²) in [6.07, 6.45) is 1.98. The van der Waals surface area contributed by atoms with Gasteiger partial charge < -0.3 is 4.90 Å². The van der Waals surface area contributed by atoms with Crippen LogP contribution in [0.3, 0.4) is 0 Å². The second-order valence-corrected chi connectivity index (χ2v) is 11.5. The second-order valence-electron chi connectivity index (χ2n) is 11.5. The molecule has 184 valence electrons. The van der Waals surface area contributed by atoms with Crippen LogP contribution in [0.4, 0.5) is 11.4 Å². The summed E-state index contributed by atoms with van der Waals surface area (Å²) in [5.74, 6) is 0. The van der Waals surface area contributed by atoms with Gasteiger partial charge >= 0.3 is 0 Å². The van der Waals surface area contributed by atoms with Crippen molar-refractivity contribution in [3.05, 3.63) is 107 Å². The zero-order chi connectivity index (χ0) is 25.7. The lowest BCUT2D eigenvalue weighted by Crippen LogP contribution is -2.39. The molecule has 4 aromatic carbocycles. The first-order chi connectivity index (χ1) is 17.2. The van der Waals surface area contributed by atoms with Gasteiger partial charge in [0.25, 0.3) is 0 Å². The molecule has 0 saturated carbocycles. The molecule has 1 nitrogen and oxygen atoms in total. The Kier molecular flexibility index (Phi) is 6.07. The van der Waals surface area contributed by atoms with Crippen LogP contribution in [0.15, 0.2) is 84.9 Å². The highest BCUT2D eigenvalue weighted by Crippen LogP contribution is 2.53. The molecule has 4 aromatic rings. The molecule has 0 unspecified atom stereocenters. The third-order valence-electron chi connectivity index (χ3n) is 7.91. The van der Waals surface area contributed by atoms with Crippen molar-refractivity contribution in [2.24, 2.45) is 0 Å². The molecule has 0 aliphatic heterocycles. The van der Waals surface area contributed by atoms with E-state index in [0.29, 0.717) is 0 Å². The third-order valence-corrected chi connectivity index (χ3v) is 7.91. The molecule has 0 N–H and O–H groups in total. The highest BCUT2D eigenvalue weighted by Gasteiger charge is 2.38. The summed E-state index contributed by atoms with van der Waals surface area (Å²) in [5.41, 5.74) is 13.7. The smallest absolute Gasteiger partial charge is 0.0527 e. The predicted molar refractivity (Wildman–Crippen MR) is 157 cm³/mol. The van der Waals surface area contributed by atoms with Gasteiger partial charge in [-0.1, -0.05) is 107 Å². The highest BCUT2D eigenvalue weighted by atomic mass is 15.2. The van der Waals surface area contributed by atoms with Gasteiger partial charge in [-0.2, -0.15) is 0 Å². The van der Waals surface area contributed by atoms with Crippen molar-refractivity contribution >= 4 is 11.4 Å². The first kappa shape index (κ1) is 24.4. The van der Waals surface area contributed by atoms with Gasteiger partial charge in [0.1, 0.15) is 0 Å². The van der Waals surface area contributed by atoms with Gasteiger partial charge in [-0.25, -0.2) is 0 Å². The Hall–Kier alpha value is -3.32. The van der Waals surface area contributed by atoms with E-state index in [2.05, 4.69) is 138 Å². The van der Waals surface area contributed by atoms with Crippen LogP contribution >= 0.6 is 0 Å². The molecular formula is C35H39N. The summed E-state index contributed by atoms with van der Waals surface area (Å²) in [7, 11) is 0. The molecule has 0 fully saturated rings. The number of nitrogens with zero attached hydrogens (tertiary/aromatic N) is 1. The Balaban J connectivity index is 1.84. The molecule has 1 heteroatoms. The van der Waals surface area contributed by atoms with Crippen LogP contribution in [-0.2, 0) is 18.3 Å². The van der Waals surface area contributed by atoms with E-state index >= 15 is 0 Å². The number of fused-ring (bicyclic) bond motifs is 3. The Morgan fingerprint density at radius 2 is 1.33 bits per heavy atom. The molecular weight excluding hydrogens is 434 g/mol. The van der Waals surface area contributed by atoms with Crippen molar-refractivity contribution in [1.82, 2.24) is 0 Å². The fourth-order valence-corrected chi connectivity index (χ4v) is 6.23. The van der Waals surface area contributed by atoms with Crippen LogP contribution in [0.2, 0.25) is 0 Å². The molecule has 0 atom stereocenters. The predicted octanol–water partition coefficient (Wildman–Crippen LogP) is 9.72. The number of benzene rings is 4. The van der Waals surface area contributed by atoms with E-state index < -0.39 is 0 Å².